The number of rotatable bonds is 6. The van der Waals surface area contributed by atoms with Crippen molar-refractivity contribution < 1.29 is 13.2 Å². The Labute approximate surface area is 139 Å². The zero-order valence-electron chi connectivity index (χ0n) is 13.7. The van der Waals surface area contributed by atoms with E-state index in [9.17, 15) is 13.2 Å². The van der Waals surface area contributed by atoms with Crippen molar-refractivity contribution in [3.8, 4) is 6.07 Å². The van der Waals surface area contributed by atoms with Gasteiger partial charge in [-0.25, -0.2) is 12.7 Å². The van der Waals surface area contributed by atoms with Crippen LogP contribution in [0.2, 0.25) is 0 Å². The number of nitriles is 1. The molecule has 130 valence electrons. The summed E-state index contributed by atoms with van der Waals surface area (Å²) >= 11 is 0. The zero-order valence-corrected chi connectivity index (χ0v) is 14.6. The van der Waals surface area contributed by atoms with Gasteiger partial charge in [-0.15, -0.1) is 0 Å². The fraction of sp³-hybridized carbons (Fsp3) is 0.875. The van der Waals surface area contributed by atoms with Crippen LogP contribution >= 0.6 is 0 Å². The molecule has 0 aromatic rings. The number of unbranched alkanes of at least 4 members (excludes halogenated alkanes) is 1. The van der Waals surface area contributed by atoms with E-state index >= 15 is 0 Å². The van der Waals surface area contributed by atoms with Crippen LogP contribution in [0.15, 0.2) is 0 Å². The standard InChI is InChI=1S/C16H27N3O3S/c17-14-15-7-11-18(12-8-15)16(20)6-2-5-13-23(21,22)19-9-3-1-4-10-19/h15H,1-13H2. The monoisotopic (exact) mass is 341 g/mol. The van der Waals surface area contributed by atoms with Crippen LogP contribution in [0.25, 0.3) is 0 Å². The molecule has 0 spiro atoms. The third kappa shape index (κ3) is 5.47. The van der Waals surface area contributed by atoms with Gasteiger partial charge in [-0.05, 0) is 38.5 Å². The minimum absolute atomic E-state index is 0.0775. The topological polar surface area (TPSA) is 81.5 Å². The first-order chi connectivity index (χ1) is 11.0. The van der Waals surface area contributed by atoms with Gasteiger partial charge in [0, 0.05) is 38.5 Å². The molecule has 2 saturated heterocycles. The quantitative estimate of drug-likeness (QED) is 0.689. The number of likely N-dealkylation sites (tertiary alicyclic amines) is 1. The van der Waals surface area contributed by atoms with Gasteiger partial charge in [0.25, 0.3) is 0 Å². The molecule has 0 aromatic heterocycles. The first-order valence-corrected chi connectivity index (χ1v) is 10.3. The van der Waals surface area contributed by atoms with E-state index in [0.717, 1.165) is 32.1 Å². The number of carbonyl (C=O) groups is 1. The maximum Gasteiger partial charge on any atom is 0.222 e. The highest BCUT2D eigenvalue weighted by Gasteiger charge is 2.24. The molecule has 7 heteroatoms. The molecule has 2 aliphatic rings. The zero-order chi connectivity index (χ0) is 16.7. The number of amides is 1. The van der Waals surface area contributed by atoms with Crippen molar-refractivity contribution in [1.82, 2.24) is 9.21 Å². The summed E-state index contributed by atoms with van der Waals surface area (Å²) in [5, 5.41) is 8.86. The summed E-state index contributed by atoms with van der Waals surface area (Å²) in [6.45, 7) is 2.61. The van der Waals surface area contributed by atoms with Gasteiger partial charge >= 0.3 is 0 Å². The Kier molecular flexibility index (Phi) is 6.85. The third-order valence-corrected chi connectivity index (χ3v) is 6.74. The highest BCUT2D eigenvalue weighted by atomic mass is 32.2. The Hall–Kier alpha value is -1.13. The number of hydrogen-bond donors (Lipinski definition) is 0. The number of carbonyl (C=O) groups excluding carboxylic acids is 1. The maximum absolute atomic E-state index is 12.2. The summed E-state index contributed by atoms with van der Waals surface area (Å²) < 4.78 is 26.0. The number of nitrogens with zero attached hydrogens (tertiary/aromatic N) is 3. The minimum Gasteiger partial charge on any atom is -0.343 e. The molecule has 0 atom stereocenters. The molecule has 0 aliphatic carbocycles. The molecule has 0 radical (unpaired) electrons. The van der Waals surface area contributed by atoms with Gasteiger partial charge in [-0.1, -0.05) is 6.42 Å². The van der Waals surface area contributed by atoms with Crippen LogP contribution in [0.1, 0.15) is 51.4 Å². The van der Waals surface area contributed by atoms with Crippen molar-refractivity contribution >= 4 is 15.9 Å². The van der Waals surface area contributed by atoms with Crippen LogP contribution in [-0.2, 0) is 14.8 Å². The second-order valence-corrected chi connectivity index (χ2v) is 8.61. The smallest absolute Gasteiger partial charge is 0.222 e. The summed E-state index contributed by atoms with van der Waals surface area (Å²) in [6.07, 6.45) is 6.10. The van der Waals surface area contributed by atoms with Gasteiger partial charge in [0.15, 0.2) is 0 Å². The second-order valence-electron chi connectivity index (χ2n) is 6.52. The lowest BCUT2D eigenvalue weighted by molar-refractivity contribution is -0.132. The normalized spacial score (nSPS) is 21.1. The molecule has 2 fully saturated rings. The van der Waals surface area contributed by atoms with E-state index in [1.807, 2.05) is 4.90 Å². The summed E-state index contributed by atoms with van der Waals surface area (Å²) in [6, 6.07) is 2.25. The average molecular weight is 341 g/mol. The van der Waals surface area contributed by atoms with Crippen molar-refractivity contribution in [3.63, 3.8) is 0 Å². The largest absolute Gasteiger partial charge is 0.343 e. The molecule has 0 saturated carbocycles. The van der Waals surface area contributed by atoms with Gasteiger partial charge < -0.3 is 4.90 Å². The Morgan fingerprint density at radius 1 is 1.04 bits per heavy atom. The van der Waals surface area contributed by atoms with Crippen LogP contribution in [0.3, 0.4) is 0 Å². The van der Waals surface area contributed by atoms with E-state index in [4.69, 9.17) is 5.26 Å². The fourth-order valence-corrected chi connectivity index (χ4v) is 4.89. The third-order valence-electron chi connectivity index (χ3n) is 4.78. The Morgan fingerprint density at radius 2 is 1.70 bits per heavy atom. The van der Waals surface area contributed by atoms with Crippen molar-refractivity contribution in [3.05, 3.63) is 0 Å². The first kappa shape index (κ1) is 18.2. The van der Waals surface area contributed by atoms with E-state index in [1.54, 1.807) is 4.31 Å². The molecule has 0 N–H and O–H groups in total. The lowest BCUT2D eigenvalue weighted by Crippen LogP contribution is -2.38. The fourth-order valence-electron chi connectivity index (χ4n) is 3.25. The van der Waals surface area contributed by atoms with Crippen LogP contribution in [0.4, 0.5) is 0 Å². The lowest BCUT2D eigenvalue weighted by atomic mass is 9.98. The van der Waals surface area contributed by atoms with Gasteiger partial charge in [0.1, 0.15) is 0 Å². The van der Waals surface area contributed by atoms with E-state index in [-0.39, 0.29) is 17.6 Å². The van der Waals surface area contributed by atoms with Crippen molar-refractivity contribution in [2.24, 2.45) is 5.92 Å². The molecule has 2 aliphatic heterocycles. The van der Waals surface area contributed by atoms with Gasteiger partial charge in [0.05, 0.1) is 11.8 Å². The molecule has 1 amide bonds. The number of sulfonamides is 1. The highest BCUT2D eigenvalue weighted by molar-refractivity contribution is 7.89. The molecule has 0 unspecified atom stereocenters. The molecule has 0 bridgehead atoms. The Morgan fingerprint density at radius 3 is 2.30 bits per heavy atom. The predicted molar refractivity (Wildman–Crippen MR) is 88.0 cm³/mol. The molecular formula is C16H27N3O3S. The molecular weight excluding hydrogens is 314 g/mol. The predicted octanol–water partition coefficient (Wildman–Crippen LogP) is 1.73. The van der Waals surface area contributed by atoms with Crippen LogP contribution < -0.4 is 0 Å². The van der Waals surface area contributed by atoms with E-state index < -0.39 is 10.0 Å². The van der Waals surface area contributed by atoms with Gasteiger partial charge in [-0.2, -0.15) is 5.26 Å². The van der Waals surface area contributed by atoms with Crippen molar-refractivity contribution in [2.45, 2.75) is 51.4 Å². The number of piperidine rings is 2. The maximum atomic E-state index is 12.2. The van der Waals surface area contributed by atoms with Gasteiger partial charge in [0.2, 0.25) is 15.9 Å². The second kappa shape index (κ2) is 8.65. The average Bonchev–Trinajstić information content (AvgIpc) is 2.59. The highest BCUT2D eigenvalue weighted by Crippen LogP contribution is 2.18. The Bertz CT molecular complexity index is 527. The Balaban J connectivity index is 1.65. The van der Waals surface area contributed by atoms with Crippen molar-refractivity contribution in [1.29, 1.82) is 5.26 Å². The SMILES string of the molecule is N#CC1CCN(C(=O)CCCCS(=O)(=O)N2CCCCC2)CC1. The van der Waals surface area contributed by atoms with E-state index in [1.165, 1.54) is 0 Å². The molecule has 2 heterocycles. The number of hydrogen-bond acceptors (Lipinski definition) is 4. The van der Waals surface area contributed by atoms with E-state index in [0.29, 0.717) is 45.4 Å². The van der Waals surface area contributed by atoms with E-state index in [2.05, 4.69) is 6.07 Å². The van der Waals surface area contributed by atoms with Gasteiger partial charge in [-0.3, -0.25) is 4.79 Å². The summed E-state index contributed by atoms with van der Waals surface area (Å²) in [5.74, 6) is 0.321. The summed E-state index contributed by atoms with van der Waals surface area (Å²) in [5.41, 5.74) is 0. The lowest BCUT2D eigenvalue weighted by Gasteiger charge is -2.29. The van der Waals surface area contributed by atoms with Crippen LogP contribution in [0, 0.1) is 17.2 Å². The molecule has 2 rings (SSSR count). The summed E-state index contributed by atoms with van der Waals surface area (Å²) in [4.78, 5) is 13.9. The molecule has 0 aromatic carbocycles. The molecule has 6 nitrogen and oxygen atoms in total. The first-order valence-electron chi connectivity index (χ1n) is 8.68. The molecule has 23 heavy (non-hydrogen) atoms. The minimum atomic E-state index is -3.14. The summed E-state index contributed by atoms with van der Waals surface area (Å²) in [7, 11) is -3.14. The van der Waals surface area contributed by atoms with Crippen LogP contribution in [-0.4, -0.2) is 55.5 Å². The van der Waals surface area contributed by atoms with Crippen molar-refractivity contribution in [2.75, 3.05) is 31.9 Å². The van der Waals surface area contributed by atoms with Crippen LogP contribution in [0.5, 0.6) is 0 Å².